The van der Waals surface area contributed by atoms with Crippen molar-refractivity contribution in [1.29, 1.82) is 0 Å². The number of amides is 2. The average molecular weight is 395 g/mol. The molecule has 7 nitrogen and oxygen atoms in total. The summed E-state index contributed by atoms with van der Waals surface area (Å²) in [5.41, 5.74) is 1.49. The lowest BCUT2D eigenvalue weighted by Crippen LogP contribution is -2.62. The fraction of sp³-hybridized carbons (Fsp3) is 0.273. The number of hydrogen-bond donors (Lipinski definition) is 1. The van der Waals surface area contributed by atoms with Gasteiger partial charge in [0.2, 0.25) is 18.6 Å². The van der Waals surface area contributed by atoms with E-state index in [1.807, 2.05) is 0 Å². The van der Waals surface area contributed by atoms with Crippen LogP contribution in [0.3, 0.4) is 0 Å². The van der Waals surface area contributed by atoms with Crippen molar-refractivity contribution < 1.29 is 27.3 Å². The number of hydrogen-bond acceptors (Lipinski definition) is 4. The SMILES string of the molecule is [2H]C1([2H])Oc2ccc(C3c4[nH]c5ccccc5c4C([2H])([2H])[C@@H]4C(=O)N(C)C([2H])([2H])C(=O)N34)cc2O1. The smallest absolute Gasteiger partial charge is 0.245 e. The summed E-state index contributed by atoms with van der Waals surface area (Å²) in [4.78, 5) is 31.7. The van der Waals surface area contributed by atoms with Gasteiger partial charge in [0.1, 0.15) is 8.78 Å². The zero-order valence-electron chi connectivity index (χ0n) is 21.2. The second kappa shape index (κ2) is 5.76. The van der Waals surface area contributed by atoms with Crippen molar-refractivity contribution in [3.05, 3.63) is 59.3 Å². The monoisotopic (exact) mass is 395 g/mol. The summed E-state index contributed by atoms with van der Waals surface area (Å²) in [5, 5.41) is 0.547. The quantitative estimate of drug-likeness (QED) is 0.686. The first-order valence-corrected chi connectivity index (χ1v) is 9.08. The maximum absolute atomic E-state index is 13.5. The molecule has 2 amide bonds. The van der Waals surface area contributed by atoms with Crippen LogP contribution in [0.25, 0.3) is 10.9 Å². The third kappa shape index (κ3) is 2.24. The van der Waals surface area contributed by atoms with Gasteiger partial charge < -0.3 is 24.3 Å². The van der Waals surface area contributed by atoms with Gasteiger partial charge in [0, 0.05) is 32.8 Å². The number of aromatic nitrogens is 1. The van der Waals surface area contributed by atoms with Gasteiger partial charge in [-0.15, -0.1) is 0 Å². The van der Waals surface area contributed by atoms with Crippen molar-refractivity contribution in [2.24, 2.45) is 0 Å². The van der Waals surface area contributed by atoms with Gasteiger partial charge in [0.15, 0.2) is 11.5 Å². The van der Waals surface area contributed by atoms with Crippen molar-refractivity contribution >= 4 is 22.7 Å². The second-order valence-corrected chi connectivity index (χ2v) is 7.12. The Hall–Kier alpha value is -3.48. The number of aromatic amines is 1. The van der Waals surface area contributed by atoms with E-state index in [9.17, 15) is 9.59 Å². The zero-order chi connectivity index (χ0) is 25.1. The van der Waals surface area contributed by atoms with Gasteiger partial charge in [-0.3, -0.25) is 9.59 Å². The molecule has 3 aliphatic heterocycles. The van der Waals surface area contributed by atoms with E-state index in [-0.39, 0.29) is 17.1 Å². The predicted octanol–water partition coefficient (Wildman–Crippen LogP) is 2.21. The fourth-order valence-electron chi connectivity index (χ4n) is 4.17. The Morgan fingerprint density at radius 2 is 1.97 bits per heavy atom. The number of likely N-dealkylation sites (N-methyl/N-ethyl adjacent to an activating group) is 1. The third-order valence-electron chi connectivity index (χ3n) is 5.50. The number of benzene rings is 2. The molecule has 0 spiro atoms. The van der Waals surface area contributed by atoms with E-state index in [0.717, 1.165) is 11.9 Å². The van der Waals surface area contributed by atoms with Crippen LogP contribution in [-0.2, 0) is 16.0 Å². The number of fused-ring (bicyclic) bond motifs is 5. The number of nitrogens with one attached hydrogen (secondary N) is 1. The summed E-state index contributed by atoms with van der Waals surface area (Å²) in [6.45, 7) is -5.07. The van der Waals surface area contributed by atoms with E-state index >= 15 is 0 Å². The molecule has 1 aromatic heterocycles. The molecule has 0 aliphatic carbocycles. The summed E-state index contributed by atoms with van der Waals surface area (Å²) in [6, 6.07) is 8.78. The van der Waals surface area contributed by atoms with Gasteiger partial charge >= 0.3 is 0 Å². The molecule has 1 saturated heterocycles. The standard InChI is InChI=1S/C22H19N3O4/c1-24-10-19(26)25-16(22(24)27)9-14-13-4-2-3-5-15(13)23-20(14)21(25)12-6-7-17-18(8-12)29-11-28-17/h2-8,16,21,23H,9-11H2,1H3/t16-,21?/m1/s1/i9D2,10D2,11D2. The fourth-order valence-corrected chi connectivity index (χ4v) is 4.17. The second-order valence-electron chi connectivity index (χ2n) is 7.12. The minimum absolute atomic E-state index is 0.0752. The van der Waals surface area contributed by atoms with Crippen LogP contribution in [0.5, 0.6) is 11.5 Å². The molecule has 6 rings (SSSR count). The van der Waals surface area contributed by atoms with Crippen LogP contribution < -0.4 is 9.47 Å². The largest absolute Gasteiger partial charge is 0.454 e. The molecule has 2 atom stereocenters. The molecule has 3 aromatic rings. The van der Waals surface area contributed by atoms with Crippen molar-refractivity contribution in [2.75, 3.05) is 20.3 Å². The normalized spacial score (nSPS) is 31.1. The van der Waals surface area contributed by atoms with Gasteiger partial charge in [-0.2, -0.15) is 0 Å². The molecule has 3 aliphatic rings. The molecular weight excluding hydrogens is 370 g/mol. The Bertz CT molecular complexity index is 1440. The van der Waals surface area contributed by atoms with Gasteiger partial charge in [0.05, 0.1) is 15.3 Å². The molecule has 4 heterocycles. The number of nitrogens with zero attached hydrogens (tertiary/aromatic N) is 2. The Kier molecular flexibility index (Phi) is 2.29. The van der Waals surface area contributed by atoms with Crippen LogP contribution in [0.2, 0.25) is 0 Å². The van der Waals surface area contributed by atoms with Crippen LogP contribution >= 0.6 is 0 Å². The molecule has 1 fully saturated rings. The van der Waals surface area contributed by atoms with Crippen molar-refractivity contribution in [2.45, 2.75) is 18.5 Å². The first-order valence-electron chi connectivity index (χ1n) is 12.1. The summed E-state index contributed by atoms with van der Waals surface area (Å²) < 4.78 is 60.3. The number of ether oxygens (including phenoxy) is 2. The Morgan fingerprint density at radius 1 is 1.14 bits per heavy atom. The van der Waals surface area contributed by atoms with E-state index in [0.29, 0.717) is 27.1 Å². The number of H-pyrrole nitrogens is 1. The van der Waals surface area contributed by atoms with Crippen molar-refractivity contribution in [3.63, 3.8) is 0 Å². The molecule has 0 saturated carbocycles. The third-order valence-corrected chi connectivity index (χ3v) is 5.50. The Balaban J connectivity index is 1.65. The summed E-state index contributed by atoms with van der Waals surface area (Å²) in [6.07, 6.45) is -2.34. The maximum atomic E-state index is 13.5. The predicted molar refractivity (Wildman–Crippen MR) is 105 cm³/mol. The maximum Gasteiger partial charge on any atom is 0.245 e. The van der Waals surface area contributed by atoms with Crippen molar-refractivity contribution in [3.8, 4) is 11.5 Å². The van der Waals surface area contributed by atoms with E-state index in [2.05, 4.69) is 4.98 Å². The first kappa shape index (κ1) is 11.5. The van der Waals surface area contributed by atoms with Gasteiger partial charge in [-0.1, -0.05) is 24.3 Å². The molecule has 0 radical (unpaired) electrons. The topological polar surface area (TPSA) is 74.9 Å². The molecule has 0 bridgehead atoms. The van der Waals surface area contributed by atoms with Gasteiger partial charge in [0.25, 0.3) is 0 Å². The van der Waals surface area contributed by atoms with Crippen molar-refractivity contribution in [1.82, 2.24) is 14.8 Å². The van der Waals surface area contributed by atoms with Crippen LogP contribution in [0.4, 0.5) is 0 Å². The number of piperazine rings is 1. The highest BCUT2D eigenvalue weighted by atomic mass is 16.7. The lowest BCUT2D eigenvalue weighted by molar-refractivity contribution is -0.157. The number of carbonyl (C=O) groups excluding carboxylic acids is 2. The average Bonchev–Trinajstić information content (AvgIpc) is 3.32. The van der Waals surface area contributed by atoms with Crippen LogP contribution in [0.15, 0.2) is 42.5 Å². The summed E-state index contributed by atoms with van der Waals surface area (Å²) in [5.74, 6) is -1.70. The molecule has 7 heteroatoms. The highest BCUT2D eigenvalue weighted by molar-refractivity contribution is 5.97. The number of para-hydroxylation sites is 1. The molecular formula is C22H19N3O4. The number of rotatable bonds is 1. The Morgan fingerprint density at radius 3 is 2.86 bits per heavy atom. The van der Waals surface area contributed by atoms with Crippen LogP contribution in [0.1, 0.15) is 31.1 Å². The molecule has 146 valence electrons. The molecule has 1 N–H and O–H groups in total. The minimum atomic E-state index is -2.70. The lowest BCUT2D eigenvalue weighted by atomic mass is 9.86. The summed E-state index contributed by atoms with van der Waals surface area (Å²) >= 11 is 0. The van der Waals surface area contributed by atoms with Crippen LogP contribution in [0, 0.1) is 0 Å². The van der Waals surface area contributed by atoms with E-state index in [1.54, 1.807) is 30.3 Å². The zero-order valence-corrected chi connectivity index (χ0v) is 15.2. The van der Waals surface area contributed by atoms with E-state index < -0.39 is 43.5 Å². The summed E-state index contributed by atoms with van der Waals surface area (Å²) in [7, 11) is 1.15. The minimum Gasteiger partial charge on any atom is -0.454 e. The Labute approximate surface area is 175 Å². The number of carbonyl (C=O) groups is 2. The molecule has 2 aromatic carbocycles. The molecule has 29 heavy (non-hydrogen) atoms. The molecule has 1 unspecified atom stereocenters. The van der Waals surface area contributed by atoms with E-state index in [1.165, 1.54) is 12.1 Å². The lowest BCUT2D eigenvalue weighted by Gasteiger charge is -2.46. The van der Waals surface area contributed by atoms with Gasteiger partial charge in [-0.05, 0) is 29.3 Å². The van der Waals surface area contributed by atoms with Gasteiger partial charge in [-0.25, -0.2) is 0 Å². The highest BCUT2D eigenvalue weighted by Crippen LogP contribution is 2.44. The van der Waals surface area contributed by atoms with Crippen LogP contribution in [-0.4, -0.2) is 52.9 Å². The first-order chi connectivity index (χ1) is 16.3. The van der Waals surface area contributed by atoms with E-state index in [4.69, 9.17) is 17.7 Å². The highest BCUT2D eigenvalue weighted by Gasteiger charge is 2.47.